The number of fused-ring (bicyclic) bond motifs is 2. The average Bonchev–Trinajstić information content (AvgIpc) is 2.32. The second-order valence-corrected chi connectivity index (χ2v) is 4.09. The molecule has 6 heteroatoms. The van der Waals surface area contributed by atoms with Crippen LogP contribution in [-0.4, -0.2) is 71.1 Å². The molecular formula is C9H16BNO4. The Hall–Kier alpha value is -0.135. The van der Waals surface area contributed by atoms with Crippen molar-refractivity contribution >= 4 is 7.85 Å². The maximum Gasteiger partial charge on any atom is 0.134 e. The minimum atomic E-state index is -0.513. The lowest BCUT2D eigenvalue weighted by Crippen LogP contribution is -2.59. The first-order valence-electron chi connectivity index (χ1n) is 4.96. The molecule has 2 aliphatic rings. The van der Waals surface area contributed by atoms with E-state index < -0.39 is 11.6 Å². The summed E-state index contributed by atoms with van der Waals surface area (Å²) in [6.07, 6.45) is -0.437. The van der Waals surface area contributed by atoms with Gasteiger partial charge in [-0.25, -0.2) is 0 Å². The zero-order valence-electron chi connectivity index (χ0n) is 9.30. The zero-order valence-corrected chi connectivity index (χ0v) is 9.30. The minimum Gasteiger partial charge on any atom is -0.382 e. The van der Waals surface area contributed by atoms with E-state index in [0.29, 0.717) is 13.2 Å². The standard InChI is InChI=1S/C9H16BNO4/c1-11-4-9(5-12-2)7(13-3)6(15-11)8(10)14-9/h6-8H,4-5H2,1-3H3. The van der Waals surface area contributed by atoms with Crippen LogP contribution in [0.5, 0.6) is 0 Å². The molecule has 0 saturated carbocycles. The molecule has 0 aromatic heterocycles. The SMILES string of the molecule is [B]C1OC2(COC)CN(C)OC1C2OC. The molecule has 4 unspecified atom stereocenters. The fourth-order valence-corrected chi connectivity index (χ4v) is 2.50. The van der Waals surface area contributed by atoms with Gasteiger partial charge in [0.2, 0.25) is 0 Å². The number of methoxy groups -OCH3 is 2. The lowest BCUT2D eigenvalue weighted by Gasteiger charge is -2.41. The highest BCUT2D eigenvalue weighted by Gasteiger charge is 2.58. The minimum absolute atomic E-state index is 0.177. The van der Waals surface area contributed by atoms with E-state index in [1.54, 1.807) is 19.3 Å². The average molecular weight is 213 g/mol. The van der Waals surface area contributed by atoms with Gasteiger partial charge >= 0.3 is 0 Å². The second-order valence-electron chi connectivity index (χ2n) is 4.09. The molecule has 0 N–H and O–H groups in total. The third-order valence-corrected chi connectivity index (χ3v) is 2.95. The van der Waals surface area contributed by atoms with Crippen molar-refractivity contribution in [3.05, 3.63) is 0 Å². The molecule has 2 saturated heterocycles. The zero-order chi connectivity index (χ0) is 11.1. The van der Waals surface area contributed by atoms with Crippen molar-refractivity contribution in [2.75, 3.05) is 34.4 Å². The van der Waals surface area contributed by atoms with Gasteiger partial charge in [-0.2, -0.15) is 5.06 Å². The Morgan fingerprint density at radius 3 is 2.87 bits per heavy atom. The van der Waals surface area contributed by atoms with E-state index in [9.17, 15) is 0 Å². The van der Waals surface area contributed by atoms with Crippen LogP contribution in [0, 0.1) is 0 Å². The first-order chi connectivity index (χ1) is 7.13. The van der Waals surface area contributed by atoms with Gasteiger partial charge in [-0.1, -0.05) is 0 Å². The van der Waals surface area contributed by atoms with Crippen LogP contribution in [0.15, 0.2) is 0 Å². The molecule has 4 atom stereocenters. The van der Waals surface area contributed by atoms with E-state index in [0.717, 1.165) is 0 Å². The number of hydroxylamine groups is 2. The van der Waals surface area contributed by atoms with Crippen LogP contribution >= 0.6 is 0 Å². The topological polar surface area (TPSA) is 40.2 Å². The molecule has 5 nitrogen and oxygen atoms in total. The van der Waals surface area contributed by atoms with E-state index in [2.05, 4.69) is 0 Å². The van der Waals surface area contributed by atoms with Crippen LogP contribution in [0.3, 0.4) is 0 Å². The highest BCUT2D eigenvalue weighted by molar-refractivity contribution is 6.11. The first-order valence-corrected chi connectivity index (χ1v) is 4.96. The third kappa shape index (κ3) is 1.70. The van der Waals surface area contributed by atoms with Gasteiger partial charge in [0.25, 0.3) is 0 Å². The van der Waals surface area contributed by atoms with Crippen LogP contribution in [0.25, 0.3) is 0 Å². The molecule has 2 bridgehead atoms. The van der Waals surface area contributed by atoms with E-state index >= 15 is 0 Å². The molecule has 15 heavy (non-hydrogen) atoms. The first kappa shape index (κ1) is 11.4. The predicted octanol–water partition coefficient (Wildman–Crippen LogP) is -0.843. The fourth-order valence-electron chi connectivity index (χ4n) is 2.50. The van der Waals surface area contributed by atoms with Crippen molar-refractivity contribution in [3.8, 4) is 0 Å². The van der Waals surface area contributed by atoms with Crippen LogP contribution < -0.4 is 0 Å². The van der Waals surface area contributed by atoms with Gasteiger partial charge < -0.3 is 14.2 Å². The fraction of sp³-hybridized carbons (Fsp3) is 1.00. The number of ether oxygens (including phenoxy) is 3. The quantitative estimate of drug-likeness (QED) is 0.571. The van der Waals surface area contributed by atoms with Gasteiger partial charge in [-0.05, 0) is 0 Å². The second kappa shape index (κ2) is 4.03. The van der Waals surface area contributed by atoms with Crippen LogP contribution in [0.2, 0.25) is 0 Å². The number of hydrogen-bond acceptors (Lipinski definition) is 5. The van der Waals surface area contributed by atoms with E-state index in [1.807, 2.05) is 7.05 Å². The Labute approximate surface area is 91.0 Å². The summed E-state index contributed by atoms with van der Waals surface area (Å²) in [5.41, 5.74) is -0.513. The van der Waals surface area contributed by atoms with E-state index in [-0.39, 0.29) is 12.2 Å². The smallest absolute Gasteiger partial charge is 0.134 e. The monoisotopic (exact) mass is 213 g/mol. The van der Waals surface area contributed by atoms with E-state index in [4.69, 9.17) is 26.9 Å². The summed E-state index contributed by atoms with van der Waals surface area (Å²) in [6.45, 7) is 1.03. The molecule has 2 aliphatic heterocycles. The Bertz CT molecular complexity index is 238. The summed E-state index contributed by atoms with van der Waals surface area (Å²) in [5, 5.41) is 1.73. The number of likely N-dealkylation sites (N-methyl/N-ethyl adjacent to an activating group) is 1. The van der Waals surface area contributed by atoms with Crippen LogP contribution in [0.4, 0.5) is 0 Å². The van der Waals surface area contributed by atoms with Crippen molar-refractivity contribution in [1.29, 1.82) is 0 Å². The molecule has 0 aromatic carbocycles. The maximum atomic E-state index is 5.85. The van der Waals surface area contributed by atoms with Gasteiger partial charge in [0.05, 0.1) is 13.2 Å². The molecule has 0 spiro atoms. The van der Waals surface area contributed by atoms with E-state index in [1.165, 1.54) is 0 Å². The van der Waals surface area contributed by atoms with Crippen molar-refractivity contribution in [3.63, 3.8) is 0 Å². The lowest BCUT2D eigenvalue weighted by atomic mass is 9.88. The number of rotatable bonds is 3. The molecule has 0 amide bonds. The predicted molar refractivity (Wildman–Crippen MR) is 53.5 cm³/mol. The summed E-state index contributed by atoms with van der Waals surface area (Å²) in [4.78, 5) is 5.57. The van der Waals surface area contributed by atoms with Crippen molar-refractivity contribution < 1.29 is 19.0 Å². The summed E-state index contributed by atoms with van der Waals surface area (Å²) in [5.74, 6) is 0. The number of nitrogens with zero attached hydrogens (tertiary/aromatic N) is 1. The van der Waals surface area contributed by atoms with Gasteiger partial charge in [-0.15, -0.1) is 0 Å². The lowest BCUT2D eigenvalue weighted by molar-refractivity contribution is -0.261. The summed E-state index contributed by atoms with van der Waals surface area (Å²) < 4.78 is 16.4. The van der Waals surface area contributed by atoms with Gasteiger partial charge in [0.15, 0.2) is 0 Å². The maximum absolute atomic E-state index is 5.85. The van der Waals surface area contributed by atoms with Gasteiger partial charge in [0, 0.05) is 27.3 Å². The molecule has 2 heterocycles. The molecule has 84 valence electrons. The molecule has 2 radical (unpaired) electrons. The molecule has 2 rings (SSSR count). The summed E-state index contributed by atoms with van der Waals surface area (Å²) in [7, 11) is 11.0. The van der Waals surface area contributed by atoms with Crippen LogP contribution in [-0.2, 0) is 19.0 Å². The molecule has 0 aliphatic carbocycles. The van der Waals surface area contributed by atoms with Crippen molar-refractivity contribution in [1.82, 2.24) is 5.06 Å². The Balaban J connectivity index is 2.24. The largest absolute Gasteiger partial charge is 0.382 e. The third-order valence-electron chi connectivity index (χ3n) is 2.95. The molecule has 0 aromatic rings. The number of hydrogen-bond donors (Lipinski definition) is 0. The normalized spacial score (nSPS) is 45.9. The van der Waals surface area contributed by atoms with Crippen molar-refractivity contribution in [2.24, 2.45) is 0 Å². The highest BCUT2D eigenvalue weighted by Crippen LogP contribution is 2.38. The summed E-state index contributed by atoms with van der Waals surface area (Å²) >= 11 is 0. The Kier molecular flexibility index (Phi) is 3.05. The molecule has 2 fully saturated rings. The Morgan fingerprint density at radius 1 is 1.53 bits per heavy atom. The Morgan fingerprint density at radius 2 is 2.27 bits per heavy atom. The summed E-state index contributed by atoms with van der Waals surface area (Å²) in [6, 6.07) is -0.463. The molecular weight excluding hydrogens is 197 g/mol. The van der Waals surface area contributed by atoms with Crippen LogP contribution in [0.1, 0.15) is 0 Å². The highest BCUT2D eigenvalue weighted by atomic mass is 16.7. The van der Waals surface area contributed by atoms with Gasteiger partial charge in [-0.3, -0.25) is 4.84 Å². The van der Waals surface area contributed by atoms with Gasteiger partial charge in [0.1, 0.15) is 25.7 Å². The van der Waals surface area contributed by atoms with Crippen molar-refractivity contribution in [2.45, 2.75) is 23.8 Å².